The van der Waals surface area contributed by atoms with Gasteiger partial charge in [-0.2, -0.15) is 0 Å². The Hall–Kier alpha value is 0.410. The Morgan fingerprint density at radius 1 is 1.20 bits per heavy atom. The van der Waals surface area contributed by atoms with Crippen LogP contribution in [-0.4, -0.2) is 0 Å². The molecule has 0 aliphatic carbocycles. The standard InChI is InChI=1S/C6H6O2P.Na/c7-9-8-6-4-2-1-3-5-6;/h1-5,9H;/q-1;+1. The zero-order valence-electron chi connectivity index (χ0n) is 5.70. The monoisotopic (exact) mass is 164 g/mol. The SMILES string of the molecule is [Na+].[O-]POc1ccccc1. The van der Waals surface area contributed by atoms with Crippen molar-refractivity contribution in [3.8, 4) is 5.75 Å². The van der Waals surface area contributed by atoms with Gasteiger partial charge in [0.05, 0.1) is 0 Å². The fraction of sp³-hybridized carbons (Fsp3) is 0. The van der Waals surface area contributed by atoms with E-state index < -0.39 is 9.03 Å². The summed E-state index contributed by atoms with van der Waals surface area (Å²) >= 11 is 0. The van der Waals surface area contributed by atoms with E-state index in [-0.39, 0.29) is 29.6 Å². The van der Waals surface area contributed by atoms with Gasteiger partial charge in [-0.05, 0) is 21.2 Å². The van der Waals surface area contributed by atoms with Crippen molar-refractivity contribution in [2.75, 3.05) is 0 Å². The van der Waals surface area contributed by atoms with E-state index in [0.717, 1.165) is 0 Å². The van der Waals surface area contributed by atoms with Gasteiger partial charge in [-0.1, -0.05) is 18.2 Å². The van der Waals surface area contributed by atoms with Crippen LogP contribution in [0.3, 0.4) is 0 Å². The molecule has 0 aromatic heterocycles. The normalized spacial score (nSPS) is 9.30. The maximum absolute atomic E-state index is 9.90. The molecule has 1 atom stereocenters. The van der Waals surface area contributed by atoms with E-state index in [1.807, 2.05) is 18.2 Å². The van der Waals surface area contributed by atoms with Crippen LogP contribution in [0.4, 0.5) is 0 Å². The van der Waals surface area contributed by atoms with Crippen LogP contribution in [0.15, 0.2) is 30.3 Å². The molecule has 0 saturated carbocycles. The minimum absolute atomic E-state index is 0. The fourth-order valence-electron chi connectivity index (χ4n) is 0.537. The van der Waals surface area contributed by atoms with Crippen molar-refractivity contribution in [2.45, 2.75) is 0 Å². The molecule has 0 amide bonds. The summed E-state index contributed by atoms with van der Waals surface area (Å²) in [5, 5.41) is 0. The molecule has 0 aliphatic heterocycles. The molecule has 1 unspecified atom stereocenters. The molecular weight excluding hydrogens is 158 g/mol. The molecule has 0 radical (unpaired) electrons. The molecule has 0 N–H and O–H groups in total. The zero-order chi connectivity index (χ0) is 6.53. The molecule has 0 spiro atoms. The van der Waals surface area contributed by atoms with Gasteiger partial charge >= 0.3 is 29.6 Å². The van der Waals surface area contributed by atoms with Crippen molar-refractivity contribution < 1.29 is 39.0 Å². The summed E-state index contributed by atoms with van der Waals surface area (Å²) in [6, 6.07) is 9.04. The molecule has 1 aromatic carbocycles. The van der Waals surface area contributed by atoms with Gasteiger partial charge in [-0.3, -0.25) is 0 Å². The Bertz CT molecular complexity index is 169. The van der Waals surface area contributed by atoms with Crippen molar-refractivity contribution in [1.82, 2.24) is 0 Å². The largest absolute Gasteiger partial charge is 1.00 e. The Morgan fingerprint density at radius 3 is 2.30 bits per heavy atom. The minimum Gasteiger partial charge on any atom is -0.801 e. The van der Waals surface area contributed by atoms with E-state index in [1.165, 1.54) is 0 Å². The molecule has 4 heteroatoms. The molecule has 0 saturated heterocycles. The first-order valence-corrected chi connectivity index (χ1v) is 3.34. The molecule has 10 heavy (non-hydrogen) atoms. The van der Waals surface area contributed by atoms with E-state index in [9.17, 15) is 4.89 Å². The Labute approximate surface area is 83.8 Å². The fourth-order valence-corrected chi connectivity index (χ4v) is 0.769. The molecule has 0 heterocycles. The second-order valence-corrected chi connectivity index (χ2v) is 1.87. The maximum Gasteiger partial charge on any atom is 1.00 e. The van der Waals surface area contributed by atoms with Gasteiger partial charge in [0, 0.05) is 0 Å². The van der Waals surface area contributed by atoms with Crippen LogP contribution in [0.25, 0.3) is 0 Å². The van der Waals surface area contributed by atoms with Crippen LogP contribution in [-0.2, 0) is 0 Å². The summed E-state index contributed by atoms with van der Waals surface area (Å²) < 4.78 is 4.68. The zero-order valence-corrected chi connectivity index (χ0v) is 8.70. The third-order valence-electron chi connectivity index (χ3n) is 0.903. The Kier molecular flexibility index (Phi) is 6.39. The van der Waals surface area contributed by atoms with Gasteiger partial charge in [-0.25, -0.2) is 0 Å². The van der Waals surface area contributed by atoms with Gasteiger partial charge < -0.3 is 9.42 Å². The van der Waals surface area contributed by atoms with Crippen LogP contribution < -0.4 is 39.0 Å². The number of para-hydroxylation sites is 1. The topological polar surface area (TPSA) is 32.3 Å². The van der Waals surface area contributed by atoms with Crippen molar-refractivity contribution in [3.05, 3.63) is 30.3 Å². The summed E-state index contributed by atoms with van der Waals surface area (Å²) in [5.74, 6) is 0.644. The molecule has 1 aromatic rings. The average molecular weight is 164 g/mol. The summed E-state index contributed by atoms with van der Waals surface area (Å²) in [4.78, 5) is 9.90. The van der Waals surface area contributed by atoms with E-state index in [1.54, 1.807) is 12.1 Å². The van der Waals surface area contributed by atoms with Crippen molar-refractivity contribution in [1.29, 1.82) is 0 Å². The molecule has 48 valence electrons. The minimum atomic E-state index is -0.715. The second kappa shape index (κ2) is 6.14. The van der Waals surface area contributed by atoms with Crippen LogP contribution >= 0.6 is 9.03 Å². The summed E-state index contributed by atoms with van der Waals surface area (Å²) in [6.45, 7) is 0. The van der Waals surface area contributed by atoms with Crippen LogP contribution in [0.5, 0.6) is 5.75 Å². The first-order chi connectivity index (χ1) is 4.43. The van der Waals surface area contributed by atoms with E-state index in [0.29, 0.717) is 5.75 Å². The van der Waals surface area contributed by atoms with Crippen LogP contribution in [0, 0.1) is 0 Å². The van der Waals surface area contributed by atoms with Gasteiger partial charge in [0.2, 0.25) is 0 Å². The summed E-state index contributed by atoms with van der Waals surface area (Å²) in [7, 11) is -0.715. The third kappa shape index (κ3) is 3.55. The predicted octanol–water partition coefficient (Wildman–Crippen LogP) is -2.06. The maximum atomic E-state index is 9.90. The summed E-state index contributed by atoms with van der Waals surface area (Å²) in [6.07, 6.45) is 0. The van der Waals surface area contributed by atoms with E-state index in [2.05, 4.69) is 4.52 Å². The van der Waals surface area contributed by atoms with Gasteiger partial charge in [0.15, 0.2) is 0 Å². The van der Waals surface area contributed by atoms with Gasteiger partial charge in [-0.15, -0.1) is 0 Å². The molecule has 2 nitrogen and oxygen atoms in total. The summed E-state index contributed by atoms with van der Waals surface area (Å²) in [5.41, 5.74) is 0. The molecule has 0 fully saturated rings. The second-order valence-electron chi connectivity index (χ2n) is 1.50. The average Bonchev–Trinajstić information content (AvgIpc) is 1.91. The molecule has 0 bridgehead atoms. The van der Waals surface area contributed by atoms with Gasteiger partial charge in [0.25, 0.3) is 0 Å². The quantitative estimate of drug-likeness (QED) is 0.372. The first-order valence-electron chi connectivity index (χ1n) is 2.52. The van der Waals surface area contributed by atoms with E-state index >= 15 is 0 Å². The van der Waals surface area contributed by atoms with Crippen molar-refractivity contribution >= 4 is 9.03 Å². The Balaban J connectivity index is 0.000000810. The predicted molar refractivity (Wildman–Crippen MR) is 35.4 cm³/mol. The van der Waals surface area contributed by atoms with E-state index in [4.69, 9.17) is 0 Å². The van der Waals surface area contributed by atoms with Crippen LogP contribution in [0.1, 0.15) is 0 Å². The van der Waals surface area contributed by atoms with Gasteiger partial charge in [0.1, 0.15) is 5.75 Å². The first kappa shape index (κ1) is 10.4. The molecule has 0 aliphatic rings. The molecular formula is C6H6NaO2P. The number of benzene rings is 1. The van der Waals surface area contributed by atoms with Crippen molar-refractivity contribution in [3.63, 3.8) is 0 Å². The Morgan fingerprint density at radius 2 is 1.80 bits per heavy atom. The number of rotatable bonds is 2. The number of hydrogen-bond donors (Lipinski definition) is 0. The number of hydrogen-bond acceptors (Lipinski definition) is 2. The smallest absolute Gasteiger partial charge is 0.801 e. The third-order valence-corrected chi connectivity index (χ3v) is 1.22. The van der Waals surface area contributed by atoms with Crippen molar-refractivity contribution in [2.24, 2.45) is 0 Å². The van der Waals surface area contributed by atoms with Crippen LogP contribution in [0.2, 0.25) is 0 Å². The molecule has 1 rings (SSSR count).